The van der Waals surface area contributed by atoms with E-state index in [4.69, 9.17) is 0 Å². The predicted molar refractivity (Wildman–Crippen MR) is 90.6 cm³/mol. The maximum absolute atomic E-state index is 12.4. The molecule has 0 spiro atoms. The summed E-state index contributed by atoms with van der Waals surface area (Å²) in [6.45, 7) is 6.21. The summed E-state index contributed by atoms with van der Waals surface area (Å²) in [5, 5.41) is 7.28. The number of nitrogens with zero attached hydrogens (tertiary/aromatic N) is 3. The Bertz CT molecular complexity index is 649. The molecule has 2 heterocycles. The fourth-order valence-electron chi connectivity index (χ4n) is 2.45. The highest BCUT2D eigenvalue weighted by Gasteiger charge is 2.18. The van der Waals surface area contributed by atoms with Crippen molar-refractivity contribution in [3.05, 3.63) is 35.9 Å². The molecule has 0 aliphatic rings. The zero-order valence-corrected chi connectivity index (χ0v) is 14.3. The zero-order chi connectivity index (χ0) is 16.1. The van der Waals surface area contributed by atoms with Gasteiger partial charge >= 0.3 is 0 Å². The normalized spacial score (nSPS) is 11.0. The average molecular weight is 318 g/mol. The minimum absolute atomic E-state index is 0.144. The number of rotatable bonds is 6. The standard InChI is InChI=1S/C16H22N4OS/c1-5-13(6-2)20-11(3)15(10-18-20)16(21)19-12-7-14(22-4)9-17-8-12/h7-10,13H,5-6H2,1-4H3,(H,19,21). The second-order valence-electron chi connectivity index (χ2n) is 5.13. The quantitative estimate of drug-likeness (QED) is 0.820. The average Bonchev–Trinajstić information content (AvgIpc) is 2.91. The monoisotopic (exact) mass is 318 g/mol. The lowest BCUT2D eigenvalue weighted by molar-refractivity contribution is 0.102. The lowest BCUT2D eigenvalue weighted by atomic mass is 10.1. The van der Waals surface area contributed by atoms with Gasteiger partial charge in [-0.05, 0) is 32.1 Å². The molecule has 0 saturated carbocycles. The van der Waals surface area contributed by atoms with Crippen molar-refractivity contribution in [1.82, 2.24) is 14.8 Å². The summed E-state index contributed by atoms with van der Waals surface area (Å²) in [4.78, 5) is 17.6. The largest absolute Gasteiger partial charge is 0.320 e. The van der Waals surface area contributed by atoms with Crippen LogP contribution in [-0.4, -0.2) is 26.9 Å². The first-order chi connectivity index (χ1) is 10.6. The first-order valence-electron chi connectivity index (χ1n) is 7.45. The summed E-state index contributed by atoms with van der Waals surface area (Å²) >= 11 is 1.59. The van der Waals surface area contributed by atoms with Crippen molar-refractivity contribution in [3.8, 4) is 0 Å². The Balaban J connectivity index is 2.19. The number of aromatic nitrogens is 3. The van der Waals surface area contributed by atoms with E-state index in [2.05, 4.69) is 29.2 Å². The second-order valence-corrected chi connectivity index (χ2v) is 6.01. The van der Waals surface area contributed by atoms with Crippen molar-refractivity contribution < 1.29 is 4.79 Å². The maximum atomic E-state index is 12.4. The smallest absolute Gasteiger partial charge is 0.259 e. The van der Waals surface area contributed by atoms with Crippen LogP contribution >= 0.6 is 11.8 Å². The number of hydrogen-bond donors (Lipinski definition) is 1. The Morgan fingerprint density at radius 2 is 2.05 bits per heavy atom. The van der Waals surface area contributed by atoms with Crippen LogP contribution in [0.2, 0.25) is 0 Å². The third-order valence-electron chi connectivity index (χ3n) is 3.78. The van der Waals surface area contributed by atoms with Gasteiger partial charge in [-0.3, -0.25) is 14.5 Å². The molecule has 22 heavy (non-hydrogen) atoms. The van der Waals surface area contributed by atoms with Gasteiger partial charge in [-0.2, -0.15) is 5.10 Å². The predicted octanol–water partition coefficient (Wildman–Crippen LogP) is 3.92. The van der Waals surface area contributed by atoms with Gasteiger partial charge in [0, 0.05) is 16.8 Å². The Morgan fingerprint density at radius 3 is 2.68 bits per heavy atom. The number of thioether (sulfide) groups is 1. The Kier molecular flexibility index (Phi) is 5.60. The van der Waals surface area contributed by atoms with E-state index in [9.17, 15) is 4.79 Å². The third kappa shape index (κ3) is 3.50. The maximum Gasteiger partial charge on any atom is 0.259 e. The number of carbonyl (C=O) groups excluding carboxylic acids is 1. The van der Waals surface area contributed by atoms with E-state index in [0.29, 0.717) is 17.3 Å². The van der Waals surface area contributed by atoms with Gasteiger partial charge < -0.3 is 5.32 Å². The van der Waals surface area contributed by atoms with Crippen LogP contribution in [0.15, 0.2) is 29.6 Å². The Labute approximate surface area is 135 Å². The van der Waals surface area contributed by atoms with Crippen molar-refractivity contribution in [3.63, 3.8) is 0 Å². The molecule has 0 aliphatic carbocycles. The lowest BCUT2D eigenvalue weighted by Gasteiger charge is -2.15. The van der Waals surface area contributed by atoms with Gasteiger partial charge in [0.1, 0.15) is 0 Å². The molecule has 118 valence electrons. The van der Waals surface area contributed by atoms with E-state index in [-0.39, 0.29) is 5.91 Å². The summed E-state index contributed by atoms with van der Waals surface area (Å²) < 4.78 is 1.95. The summed E-state index contributed by atoms with van der Waals surface area (Å²) in [5.74, 6) is -0.144. The number of anilines is 1. The molecule has 1 N–H and O–H groups in total. The minimum atomic E-state index is -0.144. The van der Waals surface area contributed by atoms with E-state index >= 15 is 0 Å². The molecule has 0 bridgehead atoms. The van der Waals surface area contributed by atoms with E-state index in [1.807, 2.05) is 23.9 Å². The summed E-state index contributed by atoms with van der Waals surface area (Å²) in [6.07, 6.45) is 9.05. The molecule has 0 aromatic carbocycles. The third-order valence-corrected chi connectivity index (χ3v) is 4.48. The van der Waals surface area contributed by atoms with E-state index < -0.39 is 0 Å². The molecule has 0 fully saturated rings. The number of amides is 1. The van der Waals surface area contributed by atoms with Crippen molar-refractivity contribution in [1.29, 1.82) is 0 Å². The van der Waals surface area contributed by atoms with Crippen LogP contribution in [0.3, 0.4) is 0 Å². The number of pyridine rings is 1. The fourth-order valence-corrected chi connectivity index (χ4v) is 2.86. The van der Waals surface area contributed by atoms with Gasteiger partial charge in [-0.1, -0.05) is 13.8 Å². The zero-order valence-electron chi connectivity index (χ0n) is 13.5. The molecule has 1 amide bonds. The van der Waals surface area contributed by atoms with Crippen LogP contribution in [0.25, 0.3) is 0 Å². The van der Waals surface area contributed by atoms with Crippen LogP contribution in [0.1, 0.15) is 48.8 Å². The number of nitrogens with one attached hydrogen (secondary N) is 1. The highest BCUT2D eigenvalue weighted by molar-refractivity contribution is 7.98. The van der Waals surface area contributed by atoms with Crippen molar-refractivity contribution >= 4 is 23.4 Å². The summed E-state index contributed by atoms with van der Waals surface area (Å²) in [6, 6.07) is 2.25. The molecule has 0 saturated heterocycles. The van der Waals surface area contributed by atoms with Gasteiger partial charge in [-0.25, -0.2) is 0 Å². The summed E-state index contributed by atoms with van der Waals surface area (Å²) in [7, 11) is 0. The van der Waals surface area contributed by atoms with Gasteiger partial charge in [0.15, 0.2) is 0 Å². The van der Waals surface area contributed by atoms with Crippen molar-refractivity contribution in [2.24, 2.45) is 0 Å². The molecular weight excluding hydrogens is 296 g/mol. The second kappa shape index (κ2) is 7.45. The number of carbonyl (C=O) groups is 1. The van der Waals surface area contributed by atoms with Gasteiger partial charge in [-0.15, -0.1) is 11.8 Å². The SMILES string of the molecule is CCC(CC)n1ncc(C(=O)Nc2cncc(SC)c2)c1C. The van der Waals surface area contributed by atoms with Gasteiger partial charge in [0.25, 0.3) is 5.91 Å². The van der Waals surface area contributed by atoms with Crippen molar-refractivity contribution in [2.75, 3.05) is 11.6 Å². The molecule has 6 heteroatoms. The highest BCUT2D eigenvalue weighted by Crippen LogP contribution is 2.21. The van der Waals surface area contributed by atoms with Crippen LogP contribution in [0, 0.1) is 6.92 Å². The van der Waals surface area contributed by atoms with E-state index in [1.54, 1.807) is 30.4 Å². The van der Waals surface area contributed by atoms with Gasteiger partial charge in [0.2, 0.25) is 0 Å². The van der Waals surface area contributed by atoms with Crippen molar-refractivity contribution in [2.45, 2.75) is 44.6 Å². The molecular formula is C16H22N4OS. The summed E-state index contributed by atoms with van der Waals surface area (Å²) in [5.41, 5.74) is 2.22. The lowest BCUT2D eigenvalue weighted by Crippen LogP contribution is -2.15. The molecule has 0 aliphatic heterocycles. The Hall–Kier alpha value is -1.82. The van der Waals surface area contributed by atoms with Crippen LogP contribution in [-0.2, 0) is 0 Å². The fraction of sp³-hybridized carbons (Fsp3) is 0.438. The Morgan fingerprint density at radius 1 is 1.32 bits per heavy atom. The first-order valence-corrected chi connectivity index (χ1v) is 8.67. The first kappa shape index (κ1) is 16.5. The van der Waals surface area contributed by atoms with Crippen LogP contribution in [0.5, 0.6) is 0 Å². The number of hydrogen-bond acceptors (Lipinski definition) is 4. The highest BCUT2D eigenvalue weighted by atomic mass is 32.2. The van der Waals surface area contributed by atoms with Gasteiger partial charge in [0.05, 0.1) is 29.7 Å². The van der Waals surface area contributed by atoms with Crippen LogP contribution < -0.4 is 5.32 Å². The topological polar surface area (TPSA) is 59.8 Å². The molecule has 0 atom stereocenters. The molecule has 0 radical (unpaired) electrons. The molecule has 2 rings (SSSR count). The minimum Gasteiger partial charge on any atom is -0.320 e. The molecule has 0 unspecified atom stereocenters. The van der Waals surface area contributed by atoms with E-state index in [0.717, 1.165) is 23.4 Å². The molecule has 2 aromatic heterocycles. The molecule has 2 aromatic rings. The van der Waals surface area contributed by atoms with Crippen LogP contribution in [0.4, 0.5) is 5.69 Å². The van der Waals surface area contributed by atoms with E-state index in [1.165, 1.54) is 0 Å². The molecule has 5 nitrogen and oxygen atoms in total.